The number of hydrogen-bond acceptors (Lipinski definition) is 5. The van der Waals surface area contributed by atoms with Gasteiger partial charge in [-0.3, -0.25) is 9.79 Å². The molecule has 0 aliphatic carbocycles. The van der Waals surface area contributed by atoms with Gasteiger partial charge in [-0.2, -0.15) is 0 Å². The smallest absolute Gasteiger partial charge is 0.225 e. The molecule has 1 aromatic heterocycles. The molecule has 1 fully saturated rings. The van der Waals surface area contributed by atoms with Crippen LogP contribution >= 0.6 is 0 Å². The number of guanidine groups is 1. The molecule has 8 heteroatoms. The first-order chi connectivity index (χ1) is 11.2. The highest BCUT2D eigenvalue weighted by Gasteiger charge is 2.21. The lowest BCUT2D eigenvalue weighted by Crippen LogP contribution is -2.49. The third kappa shape index (κ3) is 5.39. The fourth-order valence-electron chi connectivity index (χ4n) is 2.35. The van der Waals surface area contributed by atoms with Gasteiger partial charge in [-0.05, 0) is 12.5 Å². The zero-order chi connectivity index (χ0) is 16.5. The van der Waals surface area contributed by atoms with Crippen LogP contribution in [0.5, 0.6) is 0 Å². The molecule has 0 atom stereocenters. The van der Waals surface area contributed by atoms with Crippen molar-refractivity contribution in [2.45, 2.75) is 19.8 Å². The highest BCUT2D eigenvalue weighted by Crippen LogP contribution is 2.10. The molecule has 1 aliphatic heterocycles. The molecule has 0 unspecified atom stereocenters. The van der Waals surface area contributed by atoms with Crippen molar-refractivity contribution in [2.24, 2.45) is 10.7 Å². The summed E-state index contributed by atoms with van der Waals surface area (Å²) in [6.45, 7) is 6.15. The minimum atomic E-state index is 0.134. The van der Waals surface area contributed by atoms with Gasteiger partial charge in [0.25, 0.3) is 0 Å². The van der Waals surface area contributed by atoms with E-state index in [9.17, 15) is 4.79 Å². The van der Waals surface area contributed by atoms with Crippen molar-refractivity contribution in [3.8, 4) is 0 Å². The third-order valence-corrected chi connectivity index (χ3v) is 3.62. The van der Waals surface area contributed by atoms with Gasteiger partial charge in [0, 0.05) is 58.1 Å². The fourth-order valence-corrected chi connectivity index (χ4v) is 2.35. The Morgan fingerprint density at radius 1 is 1.30 bits per heavy atom. The second-order valence-electron chi connectivity index (χ2n) is 5.36. The first-order valence-corrected chi connectivity index (χ1v) is 8.04. The number of carbonyl (C=O) groups is 1. The third-order valence-electron chi connectivity index (χ3n) is 3.62. The summed E-state index contributed by atoms with van der Waals surface area (Å²) in [6.07, 6.45) is 4.84. The minimum absolute atomic E-state index is 0.134. The summed E-state index contributed by atoms with van der Waals surface area (Å²) in [6, 6.07) is 1.80. The SMILES string of the molecule is CCCN=C(N)NCCC(=O)N1CCN(c2ncccn2)CC1. The number of rotatable bonds is 6. The molecular formula is C15H25N7O. The summed E-state index contributed by atoms with van der Waals surface area (Å²) in [5.41, 5.74) is 5.70. The van der Waals surface area contributed by atoms with E-state index in [-0.39, 0.29) is 5.91 Å². The predicted octanol–water partition coefficient (Wildman–Crippen LogP) is -0.170. The molecule has 0 bridgehead atoms. The summed E-state index contributed by atoms with van der Waals surface area (Å²) in [7, 11) is 0. The summed E-state index contributed by atoms with van der Waals surface area (Å²) < 4.78 is 0. The quantitative estimate of drug-likeness (QED) is 0.558. The standard InChI is InChI=1S/C15H25N7O/c1-2-5-17-14(16)18-8-4-13(23)21-9-11-22(12-10-21)15-19-6-3-7-20-15/h3,6-7H,2,4-5,8-12H2,1H3,(H3,16,17,18). The molecule has 3 N–H and O–H groups in total. The highest BCUT2D eigenvalue weighted by atomic mass is 16.2. The Balaban J connectivity index is 1.69. The molecule has 2 rings (SSSR count). The minimum Gasteiger partial charge on any atom is -0.370 e. The van der Waals surface area contributed by atoms with Crippen molar-refractivity contribution in [3.05, 3.63) is 18.5 Å². The first-order valence-electron chi connectivity index (χ1n) is 8.04. The number of aliphatic imine (C=N–C) groups is 1. The Bertz CT molecular complexity index is 512. The van der Waals surface area contributed by atoms with E-state index in [1.165, 1.54) is 0 Å². The molecule has 0 radical (unpaired) electrons. The molecule has 1 aliphatic rings. The van der Waals surface area contributed by atoms with Crippen LogP contribution in [0.4, 0.5) is 5.95 Å². The molecule has 0 spiro atoms. The van der Waals surface area contributed by atoms with Crippen LogP contribution in [0.3, 0.4) is 0 Å². The largest absolute Gasteiger partial charge is 0.370 e. The Labute approximate surface area is 136 Å². The molecule has 23 heavy (non-hydrogen) atoms. The van der Waals surface area contributed by atoms with E-state index in [0.29, 0.717) is 38.6 Å². The second-order valence-corrected chi connectivity index (χ2v) is 5.36. The summed E-state index contributed by atoms with van der Waals surface area (Å²) in [5, 5.41) is 2.97. The van der Waals surface area contributed by atoms with E-state index < -0.39 is 0 Å². The average molecular weight is 319 g/mol. The lowest BCUT2D eigenvalue weighted by Gasteiger charge is -2.34. The predicted molar refractivity (Wildman–Crippen MR) is 90.2 cm³/mol. The Hall–Kier alpha value is -2.38. The van der Waals surface area contributed by atoms with E-state index >= 15 is 0 Å². The fraction of sp³-hybridized carbons (Fsp3) is 0.600. The van der Waals surface area contributed by atoms with Crippen molar-refractivity contribution in [1.29, 1.82) is 0 Å². The molecule has 0 aromatic carbocycles. The van der Waals surface area contributed by atoms with Crippen LogP contribution in [0.2, 0.25) is 0 Å². The van der Waals surface area contributed by atoms with Crippen molar-refractivity contribution in [1.82, 2.24) is 20.2 Å². The Kier molecular flexibility index (Phi) is 6.58. The first kappa shape index (κ1) is 17.0. The number of aromatic nitrogens is 2. The lowest BCUT2D eigenvalue weighted by molar-refractivity contribution is -0.131. The topological polar surface area (TPSA) is 99.7 Å². The van der Waals surface area contributed by atoms with E-state index in [2.05, 4.69) is 25.2 Å². The maximum absolute atomic E-state index is 12.2. The average Bonchev–Trinajstić information content (AvgIpc) is 2.60. The van der Waals surface area contributed by atoms with Crippen LogP contribution in [0.25, 0.3) is 0 Å². The molecule has 126 valence electrons. The Morgan fingerprint density at radius 3 is 2.65 bits per heavy atom. The van der Waals surface area contributed by atoms with Gasteiger partial charge in [-0.25, -0.2) is 9.97 Å². The molecule has 1 amide bonds. The maximum atomic E-state index is 12.2. The van der Waals surface area contributed by atoms with Crippen LogP contribution in [0, 0.1) is 0 Å². The number of hydrogen-bond donors (Lipinski definition) is 2. The van der Waals surface area contributed by atoms with Crippen molar-refractivity contribution < 1.29 is 4.79 Å². The maximum Gasteiger partial charge on any atom is 0.225 e. The van der Waals surface area contributed by atoms with Crippen LogP contribution in [-0.2, 0) is 4.79 Å². The van der Waals surface area contributed by atoms with Gasteiger partial charge in [-0.15, -0.1) is 0 Å². The molecule has 8 nitrogen and oxygen atoms in total. The summed E-state index contributed by atoms with van der Waals surface area (Å²) >= 11 is 0. The van der Waals surface area contributed by atoms with Gasteiger partial charge >= 0.3 is 0 Å². The van der Waals surface area contributed by atoms with Crippen LogP contribution in [0.15, 0.2) is 23.5 Å². The molecule has 1 saturated heterocycles. The number of nitrogens with one attached hydrogen (secondary N) is 1. The zero-order valence-electron chi connectivity index (χ0n) is 13.6. The number of carbonyl (C=O) groups excluding carboxylic acids is 1. The molecule has 0 saturated carbocycles. The molecular weight excluding hydrogens is 294 g/mol. The van der Waals surface area contributed by atoms with Gasteiger partial charge in [-0.1, -0.05) is 6.92 Å². The number of nitrogens with zero attached hydrogens (tertiary/aromatic N) is 5. The van der Waals surface area contributed by atoms with E-state index in [1.54, 1.807) is 18.5 Å². The normalized spacial score (nSPS) is 15.6. The van der Waals surface area contributed by atoms with E-state index in [0.717, 1.165) is 25.5 Å². The zero-order valence-corrected chi connectivity index (χ0v) is 13.6. The van der Waals surface area contributed by atoms with E-state index in [4.69, 9.17) is 5.73 Å². The van der Waals surface area contributed by atoms with Gasteiger partial charge in [0.15, 0.2) is 5.96 Å². The summed E-state index contributed by atoms with van der Waals surface area (Å²) in [5.74, 6) is 1.27. The van der Waals surface area contributed by atoms with Crippen molar-refractivity contribution in [3.63, 3.8) is 0 Å². The van der Waals surface area contributed by atoms with Crippen LogP contribution < -0.4 is 16.0 Å². The number of piperazine rings is 1. The van der Waals surface area contributed by atoms with Crippen LogP contribution in [0.1, 0.15) is 19.8 Å². The molecule has 2 heterocycles. The van der Waals surface area contributed by atoms with Gasteiger partial charge < -0.3 is 20.9 Å². The van der Waals surface area contributed by atoms with Gasteiger partial charge in [0.1, 0.15) is 0 Å². The van der Waals surface area contributed by atoms with Gasteiger partial charge in [0.2, 0.25) is 11.9 Å². The molecule has 1 aromatic rings. The number of nitrogens with two attached hydrogens (primary N) is 1. The van der Waals surface area contributed by atoms with Crippen molar-refractivity contribution >= 4 is 17.8 Å². The lowest BCUT2D eigenvalue weighted by atomic mass is 10.3. The van der Waals surface area contributed by atoms with Crippen LogP contribution in [-0.4, -0.2) is 66.0 Å². The van der Waals surface area contributed by atoms with E-state index in [1.807, 2.05) is 11.8 Å². The monoisotopic (exact) mass is 319 g/mol. The Morgan fingerprint density at radius 2 is 2.00 bits per heavy atom. The van der Waals surface area contributed by atoms with Gasteiger partial charge in [0.05, 0.1) is 0 Å². The number of amides is 1. The van der Waals surface area contributed by atoms with Crippen molar-refractivity contribution in [2.75, 3.05) is 44.2 Å². The highest BCUT2D eigenvalue weighted by molar-refractivity contribution is 5.80. The second kappa shape index (κ2) is 8.92. The number of anilines is 1. The summed E-state index contributed by atoms with van der Waals surface area (Å²) in [4.78, 5) is 28.8.